The summed E-state index contributed by atoms with van der Waals surface area (Å²) in [6.07, 6.45) is 3.02. The Morgan fingerprint density at radius 2 is 1.90 bits per heavy atom. The summed E-state index contributed by atoms with van der Waals surface area (Å²) in [7, 11) is 2.96. The number of Topliss-reactive ketones (excluding diaryl/α,β-unsaturated/α-hetero) is 1. The van der Waals surface area contributed by atoms with Crippen molar-refractivity contribution in [3.8, 4) is 0 Å². The summed E-state index contributed by atoms with van der Waals surface area (Å²) in [5, 5.41) is 0. The third-order valence-corrected chi connectivity index (χ3v) is 6.60. The lowest BCUT2D eigenvalue weighted by atomic mass is 9.74. The van der Waals surface area contributed by atoms with Crippen molar-refractivity contribution < 1.29 is 28.6 Å². The van der Waals surface area contributed by atoms with Gasteiger partial charge in [-0.25, -0.2) is 4.79 Å². The van der Waals surface area contributed by atoms with Crippen molar-refractivity contribution in [3.63, 3.8) is 0 Å². The van der Waals surface area contributed by atoms with Crippen LogP contribution in [0.15, 0.2) is 35.6 Å². The van der Waals surface area contributed by atoms with E-state index in [0.717, 1.165) is 24.8 Å². The van der Waals surface area contributed by atoms with Crippen molar-refractivity contribution in [2.45, 2.75) is 44.8 Å². The Labute approximate surface area is 182 Å². The summed E-state index contributed by atoms with van der Waals surface area (Å²) in [6, 6.07) is 6.38. The molecule has 1 aliphatic carbocycles. The molecule has 1 amide bonds. The SMILES string of the molecule is COCCCN1C(=O)C2=C(C(=O)C3CC(C)CCC3O2)C1c1ccc(C(=O)OC)cc1. The molecule has 31 heavy (non-hydrogen) atoms. The van der Waals surface area contributed by atoms with Gasteiger partial charge in [-0.05, 0) is 49.3 Å². The second-order valence-electron chi connectivity index (χ2n) is 8.65. The summed E-state index contributed by atoms with van der Waals surface area (Å²) >= 11 is 0. The lowest BCUT2D eigenvalue weighted by Crippen LogP contribution is -2.41. The van der Waals surface area contributed by atoms with Crippen LogP contribution < -0.4 is 0 Å². The quantitative estimate of drug-likeness (QED) is 0.513. The van der Waals surface area contributed by atoms with Gasteiger partial charge >= 0.3 is 5.97 Å². The molecule has 2 heterocycles. The van der Waals surface area contributed by atoms with Crippen LogP contribution in [-0.2, 0) is 23.8 Å². The molecule has 0 radical (unpaired) electrons. The number of amides is 1. The molecule has 1 saturated carbocycles. The molecule has 4 atom stereocenters. The first-order valence-electron chi connectivity index (χ1n) is 10.9. The molecule has 4 unspecified atom stereocenters. The van der Waals surface area contributed by atoms with Gasteiger partial charge in [0.25, 0.3) is 5.91 Å². The molecule has 7 heteroatoms. The maximum atomic E-state index is 13.6. The van der Waals surface area contributed by atoms with E-state index in [1.54, 1.807) is 36.3 Å². The van der Waals surface area contributed by atoms with Gasteiger partial charge in [-0.3, -0.25) is 9.59 Å². The van der Waals surface area contributed by atoms with E-state index in [4.69, 9.17) is 14.2 Å². The molecule has 4 rings (SSSR count). The highest BCUT2D eigenvalue weighted by molar-refractivity contribution is 6.11. The van der Waals surface area contributed by atoms with E-state index in [1.807, 2.05) is 0 Å². The van der Waals surface area contributed by atoms with Gasteiger partial charge in [0.2, 0.25) is 0 Å². The summed E-state index contributed by atoms with van der Waals surface area (Å²) in [6.45, 7) is 3.12. The highest BCUT2D eigenvalue weighted by Gasteiger charge is 2.52. The third kappa shape index (κ3) is 3.87. The van der Waals surface area contributed by atoms with Gasteiger partial charge in [0.05, 0.1) is 30.2 Å². The summed E-state index contributed by atoms with van der Waals surface area (Å²) in [4.78, 5) is 40.4. The number of ether oxygens (including phenoxy) is 3. The first kappa shape index (κ1) is 21.6. The summed E-state index contributed by atoms with van der Waals surface area (Å²) in [5.74, 6) is -0.169. The second kappa shape index (κ2) is 8.83. The molecule has 1 aromatic rings. The Kier molecular flexibility index (Phi) is 6.14. The number of benzene rings is 1. The summed E-state index contributed by atoms with van der Waals surface area (Å²) < 4.78 is 16.1. The zero-order valence-electron chi connectivity index (χ0n) is 18.3. The number of esters is 1. The zero-order chi connectivity index (χ0) is 22.1. The number of carbonyl (C=O) groups excluding carboxylic acids is 3. The molecular weight excluding hydrogens is 398 g/mol. The predicted octanol–water partition coefficient (Wildman–Crippen LogP) is 3.05. The average molecular weight is 427 g/mol. The van der Waals surface area contributed by atoms with Crippen molar-refractivity contribution in [1.29, 1.82) is 0 Å². The van der Waals surface area contributed by atoms with Gasteiger partial charge in [-0.2, -0.15) is 0 Å². The van der Waals surface area contributed by atoms with E-state index in [9.17, 15) is 14.4 Å². The highest BCUT2D eigenvalue weighted by Crippen LogP contribution is 2.47. The first-order chi connectivity index (χ1) is 15.0. The summed E-state index contributed by atoms with van der Waals surface area (Å²) in [5.41, 5.74) is 1.66. The van der Waals surface area contributed by atoms with Gasteiger partial charge in [-0.15, -0.1) is 0 Å². The Bertz CT molecular complexity index is 905. The molecule has 0 N–H and O–H groups in total. The van der Waals surface area contributed by atoms with Gasteiger partial charge in [0.15, 0.2) is 11.5 Å². The minimum atomic E-state index is -0.517. The van der Waals surface area contributed by atoms with Crippen molar-refractivity contribution in [2.24, 2.45) is 11.8 Å². The monoisotopic (exact) mass is 427 g/mol. The van der Waals surface area contributed by atoms with Crippen LogP contribution in [0.2, 0.25) is 0 Å². The van der Waals surface area contributed by atoms with Gasteiger partial charge < -0.3 is 19.1 Å². The van der Waals surface area contributed by atoms with E-state index in [2.05, 4.69) is 6.92 Å². The Morgan fingerprint density at radius 1 is 1.16 bits per heavy atom. The Morgan fingerprint density at radius 3 is 2.58 bits per heavy atom. The molecule has 7 nitrogen and oxygen atoms in total. The van der Waals surface area contributed by atoms with E-state index in [0.29, 0.717) is 36.6 Å². The fraction of sp³-hybridized carbons (Fsp3) is 0.542. The van der Waals surface area contributed by atoms with Gasteiger partial charge in [0.1, 0.15) is 6.10 Å². The predicted molar refractivity (Wildman–Crippen MR) is 112 cm³/mol. The van der Waals surface area contributed by atoms with Gasteiger partial charge in [-0.1, -0.05) is 19.1 Å². The highest BCUT2D eigenvalue weighted by atomic mass is 16.5. The zero-order valence-corrected chi connectivity index (χ0v) is 18.3. The maximum absolute atomic E-state index is 13.6. The minimum Gasteiger partial charge on any atom is -0.483 e. The van der Waals surface area contributed by atoms with Gasteiger partial charge in [0, 0.05) is 20.3 Å². The molecular formula is C24H29NO6. The smallest absolute Gasteiger partial charge is 0.337 e. The van der Waals surface area contributed by atoms with E-state index < -0.39 is 12.0 Å². The Hall–Kier alpha value is -2.67. The standard InChI is InChI=1S/C24H29NO6/c1-14-5-10-18-17(13-14)21(26)19-20(15-6-8-16(9-7-15)24(28)30-3)25(11-4-12-29-2)23(27)22(19)31-18/h6-9,14,17-18,20H,4-5,10-13H2,1-3H3. The number of hydrogen-bond acceptors (Lipinski definition) is 6. The molecule has 3 aliphatic rings. The second-order valence-corrected chi connectivity index (χ2v) is 8.65. The molecule has 0 aromatic heterocycles. The molecule has 0 bridgehead atoms. The third-order valence-electron chi connectivity index (χ3n) is 6.60. The van der Waals surface area contributed by atoms with E-state index in [-0.39, 0.29) is 29.5 Å². The number of carbonyl (C=O) groups is 3. The van der Waals surface area contributed by atoms with E-state index in [1.165, 1.54) is 7.11 Å². The number of methoxy groups -OCH3 is 2. The van der Waals surface area contributed by atoms with Crippen LogP contribution in [-0.4, -0.2) is 56.0 Å². The van der Waals surface area contributed by atoms with Crippen LogP contribution >= 0.6 is 0 Å². The van der Waals surface area contributed by atoms with Crippen LogP contribution in [0.5, 0.6) is 0 Å². The normalized spacial score (nSPS) is 27.6. The first-order valence-corrected chi connectivity index (χ1v) is 10.9. The maximum Gasteiger partial charge on any atom is 0.337 e. The number of ketones is 1. The molecule has 0 saturated heterocycles. The van der Waals surface area contributed by atoms with E-state index >= 15 is 0 Å². The number of rotatable bonds is 6. The van der Waals surface area contributed by atoms with Crippen molar-refractivity contribution in [1.82, 2.24) is 4.90 Å². The van der Waals surface area contributed by atoms with Crippen LogP contribution in [0.1, 0.15) is 54.6 Å². The minimum absolute atomic E-state index is 0.0300. The largest absolute Gasteiger partial charge is 0.483 e. The molecule has 2 aliphatic heterocycles. The topological polar surface area (TPSA) is 82.1 Å². The lowest BCUT2D eigenvalue weighted by molar-refractivity contribution is -0.136. The van der Waals surface area contributed by atoms with Crippen LogP contribution in [0.25, 0.3) is 0 Å². The average Bonchev–Trinajstić information content (AvgIpc) is 3.06. The molecule has 1 aromatic carbocycles. The number of nitrogens with zero attached hydrogens (tertiary/aromatic N) is 1. The number of fused-ring (bicyclic) bond motifs is 1. The molecule has 0 spiro atoms. The van der Waals surface area contributed by atoms with Crippen molar-refractivity contribution >= 4 is 17.7 Å². The lowest BCUT2D eigenvalue weighted by Gasteiger charge is -2.37. The fourth-order valence-electron chi connectivity index (χ4n) is 5.00. The fourth-order valence-corrected chi connectivity index (χ4v) is 5.00. The van der Waals surface area contributed by atoms with Crippen LogP contribution in [0, 0.1) is 11.8 Å². The van der Waals surface area contributed by atoms with Crippen molar-refractivity contribution in [2.75, 3.05) is 27.4 Å². The van der Waals surface area contributed by atoms with Crippen molar-refractivity contribution in [3.05, 3.63) is 46.7 Å². The van der Waals surface area contributed by atoms with Crippen LogP contribution in [0.4, 0.5) is 0 Å². The molecule has 1 fully saturated rings. The molecule has 166 valence electrons. The number of hydrogen-bond donors (Lipinski definition) is 0. The van der Waals surface area contributed by atoms with Crippen LogP contribution in [0.3, 0.4) is 0 Å². The Balaban J connectivity index is 1.71.